The molecule has 0 aromatic heterocycles. The molecule has 1 unspecified atom stereocenters. The fraction of sp³-hybridized carbons (Fsp3) is 0.200. The second kappa shape index (κ2) is 5.73. The summed E-state index contributed by atoms with van der Waals surface area (Å²) in [5, 5.41) is 0. The van der Waals surface area contributed by atoms with Gasteiger partial charge in [0.05, 0.1) is 22.2 Å². The average molecular weight is 307 g/mol. The molecule has 1 aliphatic heterocycles. The number of nitrogen functional groups attached to an aromatic ring is 1. The van der Waals surface area contributed by atoms with Crippen molar-refractivity contribution in [2.45, 2.75) is 10.6 Å². The van der Waals surface area contributed by atoms with Gasteiger partial charge in [0.25, 0.3) is 0 Å². The molecule has 0 saturated heterocycles. The molecule has 3 rings (SSSR count). The molecule has 0 saturated carbocycles. The van der Waals surface area contributed by atoms with Crippen molar-refractivity contribution < 1.29 is 18.1 Å². The zero-order valence-corrected chi connectivity index (χ0v) is 12.0. The number of benzene rings is 2. The molecule has 0 aliphatic carbocycles. The molecule has 21 heavy (non-hydrogen) atoms. The van der Waals surface area contributed by atoms with Gasteiger partial charge in [0.2, 0.25) is 0 Å². The molecule has 0 fully saturated rings. The molecule has 6 heteroatoms. The largest absolute Gasteiger partial charge is 0.486 e. The van der Waals surface area contributed by atoms with Gasteiger partial charge in [-0.2, -0.15) is 0 Å². The van der Waals surface area contributed by atoms with Crippen LogP contribution in [0.2, 0.25) is 0 Å². The number of hydrogen-bond donors (Lipinski definition) is 1. The third kappa shape index (κ3) is 2.85. The van der Waals surface area contributed by atoms with Gasteiger partial charge in [0.15, 0.2) is 11.5 Å². The first kappa shape index (κ1) is 13.9. The van der Waals surface area contributed by atoms with Gasteiger partial charge in [0.1, 0.15) is 19.0 Å². The van der Waals surface area contributed by atoms with E-state index >= 15 is 0 Å². The summed E-state index contributed by atoms with van der Waals surface area (Å²) in [6.07, 6.45) is 0. The Morgan fingerprint density at radius 3 is 2.71 bits per heavy atom. The molecule has 110 valence electrons. The summed E-state index contributed by atoms with van der Waals surface area (Å²) in [7, 11) is -1.38. The van der Waals surface area contributed by atoms with E-state index in [1.165, 1.54) is 6.07 Å². The number of nitrogens with two attached hydrogens (primary N) is 1. The fourth-order valence-corrected chi connectivity index (χ4v) is 3.23. The van der Waals surface area contributed by atoms with Crippen molar-refractivity contribution in [3.05, 3.63) is 47.8 Å². The van der Waals surface area contributed by atoms with E-state index in [4.69, 9.17) is 15.2 Å². The SMILES string of the molecule is Nc1cccc(CS(=O)c2ccc3c(c2)OCCO3)c1F. The van der Waals surface area contributed by atoms with E-state index in [-0.39, 0.29) is 11.4 Å². The summed E-state index contributed by atoms with van der Waals surface area (Å²) in [6.45, 7) is 0.969. The standard InChI is InChI=1S/C15H14FNO3S/c16-15-10(2-1-3-12(15)17)9-21(18)11-4-5-13-14(8-11)20-7-6-19-13/h1-5,8H,6-7,9,17H2. The molecule has 0 bridgehead atoms. The molecule has 0 spiro atoms. The Balaban J connectivity index is 1.84. The smallest absolute Gasteiger partial charge is 0.162 e. The Kier molecular flexibility index (Phi) is 3.79. The maximum absolute atomic E-state index is 13.8. The number of fused-ring (bicyclic) bond motifs is 1. The molecule has 0 amide bonds. The lowest BCUT2D eigenvalue weighted by Crippen LogP contribution is -2.15. The summed E-state index contributed by atoms with van der Waals surface area (Å²) < 4.78 is 37.1. The predicted molar refractivity (Wildman–Crippen MR) is 78.4 cm³/mol. The van der Waals surface area contributed by atoms with Crippen LogP contribution < -0.4 is 15.2 Å². The number of hydrogen-bond acceptors (Lipinski definition) is 4. The zero-order chi connectivity index (χ0) is 14.8. The number of rotatable bonds is 3. The lowest BCUT2D eigenvalue weighted by molar-refractivity contribution is 0.171. The van der Waals surface area contributed by atoms with Gasteiger partial charge < -0.3 is 15.2 Å². The highest BCUT2D eigenvalue weighted by molar-refractivity contribution is 7.84. The molecule has 1 aliphatic rings. The third-order valence-electron chi connectivity index (χ3n) is 3.17. The minimum Gasteiger partial charge on any atom is -0.486 e. The highest BCUT2D eigenvalue weighted by atomic mass is 32.2. The van der Waals surface area contributed by atoms with Gasteiger partial charge in [-0.15, -0.1) is 0 Å². The third-order valence-corrected chi connectivity index (χ3v) is 4.52. The lowest BCUT2D eigenvalue weighted by Gasteiger charge is -2.18. The van der Waals surface area contributed by atoms with Crippen LogP contribution in [0.1, 0.15) is 5.56 Å². The van der Waals surface area contributed by atoms with Crippen LogP contribution in [0.15, 0.2) is 41.3 Å². The van der Waals surface area contributed by atoms with Gasteiger partial charge in [-0.25, -0.2) is 4.39 Å². The number of halogens is 1. The maximum Gasteiger partial charge on any atom is 0.162 e. The Bertz CT molecular complexity index is 705. The van der Waals surface area contributed by atoms with E-state index < -0.39 is 16.6 Å². The Hall–Kier alpha value is -2.08. The van der Waals surface area contributed by atoms with Crippen LogP contribution >= 0.6 is 0 Å². The molecule has 1 heterocycles. The van der Waals surface area contributed by atoms with E-state index in [2.05, 4.69) is 0 Å². The normalized spacial score (nSPS) is 14.7. The number of anilines is 1. The van der Waals surface area contributed by atoms with Crippen molar-refractivity contribution in [3.8, 4) is 11.5 Å². The Morgan fingerprint density at radius 1 is 1.14 bits per heavy atom. The van der Waals surface area contributed by atoms with Gasteiger partial charge in [-0.1, -0.05) is 12.1 Å². The maximum atomic E-state index is 13.8. The van der Waals surface area contributed by atoms with Gasteiger partial charge >= 0.3 is 0 Å². The van der Waals surface area contributed by atoms with Crippen LogP contribution in [0.5, 0.6) is 11.5 Å². The van der Waals surface area contributed by atoms with Crippen molar-refractivity contribution in [1.29, 1.82) is 0 Å². The molecule has 4 nitrogen and oxygen atoms in total. The summed E-state index contributed by atoms with van der Waals surface area (Å²) in [4.78, 5) is 0.570. The monoisotopic (exact) mass is 307 g/mol. The van der Waals surface area contributed by atoms with Crippen molar-refractivity contribution >= 4 is 16.5 Å². The molecular weight excluding hydrogens is 293 g/mol. The second-order valence-corrected chi connectivity index (χ2v) is 6.07. The molecular formula is C15H14FNO3S. The Labute approximate surface area is 124 Å². The molecule has 2 aromatic carbocycles. The highest BCUT2D eigenvalue weighted by Crippen LogP contribution is 2.32. The van der Waals surface area contributed by atoms with Crippen LogP contribution in [0, 0.1) is 5.82 Å². The van der Waals surface area contributed by atoms with Gasteiger partial charge in [-0.05, 0) is 18.2 Å². The van der Waals surface area contributed by atoms with Crippen molar-refractivity contribution in [3.63, 3.8) is 0 Å². The lowest BCUT2D eigenvalue weighted by atomic mass is 10.2. The number of ether oxygens (including phenoxy) is 2. The van der Waals surface area contributed by atoms with Gasteiger partial charge in [0, 0.05) is 16.5 Å². The quantitative estimate of drug-likeness (QED) is 0.885. The summed E-state index contributed by atoms with van der Waals surface area (Å²) >= 11 is 0. The predicted octanol–water partition coefficient (Wildman–Crippen LogP) is 2.49. The van der Waals surface area contributed by atoms with E-state index in [0.717, 1.165) is 0 Å². The fourth-order valence-electron chi connectivity index (χ4n) is 2.10. The summed E-state index contributed by atoms with van der Waals surface area (Å²) in [6, 6.07) is 9.81. The molecule has 2 aromatic rings. The van der Waals surface area contributed by atoms with E-state index in [1.807, 2.05) is 0 Å². The van der Waals surface area contributed by atoms with Crippen molar-refractivity contribution in [2.75, 3.05) is 18.9 Å². The van der Waals surface area contributed by atoms with Gasteiger partial charge in [-0.3, -0.25) is 4.21 Å². The zero-order valence-electron chi connectivity index (χ0n) is 11.2. The molecule has 2 N–H and O–H groups in total. The average Bonchev–Trinajstić information content (AvgIpc) is 2.51. The van der Waals surface area contributed by atoms with E-state index in [9.17, 15) is 8.60 Å². The summed E-state index contributed by atoms with van der Waals surface area (Å²) in [5.41, 5.74) is 5.91. The first-order chi connectivity index (χ1) is 10.1. The van der Waals surface area contributed by atoms with Crippen LogP contribution in [0.25, 0.3) is 0 Å². The molecule has 0 radical (unpaired) electrons. The van der Waals surface area contributed by atoms with Crippen LogP contribution in [0.4, 0.5) is 10.1 Å². The van der Waals surface area contributed by atoms with Crippen LogP contribution in [0.3, 0.4) is 0 Å². The van der Waals surface area contributed by atoms with Crippen molar-refractivity contribution in [2.24, 2.45) is 0 Å². The Morgan fingerprint density at radius 2 is 1.90 bits per heavy atom. The minimum atomic E-state index is -1.38. The topological polar surface area (TPSA) is 61.6 Å². The minimum absolute atomic E-state index is 0.0617. The first-order valence-corrected chi connectivity index (χ1v) is 7.78. The van der Waals surface area contributed by atoms with E-state index in [0.29, 0.717) is 35.2 Å². The summed E-state index contributed by atoms with van der Waals surface area (Å²) in [5.74, 6) is 0.761. The highest BCUT2D eigenvalue weighted by Gasteiger charge is 2.16. The molecule has 1 atom stereocenters. The van der Waals surface area contributed by atoms with Crippen LogP contribution in [-0.2, 0) is 16.6 Å². The first-order valence-electron chi connectivity index (χ1n) is 6.46. The van der Waals surface area contributed by atoms with E-state index in [1.54, 1.807) is 30.3 Å². The second-order valence-electron chi connectivity index (χ2n) is 4.62. The van der Waals surface area contributed by atoms with Crippen LogP contribution in [-0.4, -0.2) is 17.4 Å². The van der Waals surface area contributed by atoms with Crippen molar-refractivity contribution in [1.82, 2.24) is 0 Å².